The van der Waals surface area contributed by atoms with Crippen molar-refractivity contribution in [3.8, 4) is 0 Å². The molecule has 1 fully saturated rings. The van der Waals surface area contributed by atoms with E-state index >= 15 is 0 Å². The molecule has 0 unspecified atom stereocenters. The third-order valence-corrected chi connectivity index (χ3v) is 4.88. The highest BCUT2D eigenvalue weighted by molar-refractivity contribution is 5.40. The van der Waals surface area contributed by atoms with Gasteiger partial charge in [0.05, 0.1) is 5.69 Å². The van der Waals surface area contributed by atoms with Crippen LogP contribution >= 0.6 is 0 Å². The van der Waals surface area contributed by atoms with Crippen molar-refractivity contribution in [1.29, 1.82) is 0 Å². The van der Waals surface area contributed by atoms with Crippen molar-refractivity contribution in [2.75, 3.05) is 25.0 Å². The minimum atomic E-state index is -0.245. The van der Waals surface area contributed by atoms with Gasteiger partial charge in [0.25, 0.3) is 0 Å². The standard InChI is InChI=1S/C18H21FN6/c1-23(17-4-7-20-13-21-17)16-5-8-24(9-6-16)11-15-12-25-10-14(19)2-3-18(25)22-15/h2-4,7,10,12-13,16H,5-6,8-9,11H2,1H3. The van der Waals surface area contributed by atoms with E-state index in [0.717, 1.165) is 49.6 Å². The Bertz CT molecular complexity index is 841. The van der Waals surface area contributed by atoms with E-state index in [-0.39, 0.29) is 5.82 Å². The van der Waals surface area contributed by atoms with Gasteiger partial charge >= 0.3 is 0 Å². The molecular weight excluding hydrogens is 319 g/mol. The highest BCUT2D eigenvalue weighted by Crippen LogP contribution is 2.21. The summed E-state index contributed by atoms with van der Waals surface area (Å²) in [6.45, 7) is 2.83. The summed E-state index contributed by atoms with van der Waals surface area (Å²) < 4.78 is 15.0. The number of fused-ring (bicyclic) bond motifs is 1. The molecule has 3 aromatic heterocycles. The second-order valence-electron chi connectivity index (χ2n) is 6.53. The molecule has 6 nitrogen and oxygen atoms in total. The highest BCUT2D eigenvalue weighted by Gasteiger charge is 2.23. The normalized spacial score (nSPS) is 16.4. The molecule has 0 amide bonds. The monoisotopic (exact) mass is 340 g/mol. The average molecular weight is 340 g/mol. The number of aromatic nitrogens is 4. The van der Waals surface area contributed by atoms with Gasteiger partial charge in [0.15, 0.2) is 0 Å². The lowest BCUT2D eigenvalue weighted by atomic mass is 10.0. The molecule has 1 saturated heterocycles. The van der Waals surface area contributed by atoms with Crippen molar-refractivity contribution in [2.24, 2.45) is 0 Å². The van der Waals surface area contributed by atoms with E-state index in [9.17, 15) is 4.39 Å². The van der Waals surface area contributed by atoms with E-state index in [1.54, 1.807) is 23.0 Å². The molecule has 0 aromatic carbocycles. The molecule has 4 rings (SSSR count). The number of imidazole rings is 1. The van der Waals surface area contributed by atoms with Crippen LogP contribution in [0, 0.1) is 5.82 Å². The van der Waals surface area contributed by atoms with Crippen LogP contribution in [0.25, 0.3) is 5.65 Å². The fourth-order valence-corrected chi connectivity index (χ4v) is 3.47. The fraction of sp³-hybridized carbons (Fsp3) is 0.389. The molecule has 0 atom stereocenters. The van der Waals surface area contributed by atoms with Gasteiger partial charge in [-0.25, -0.2) is 19.3 Å². The van der Waals surface area contributed by atoms with E-state index in [1.165, 1.54) is 12.3 Å². The summed E-state index contributed by atoms with van der Waals surface area (Å²) in [5.41, 5.74) is 1.77. The molecule has 1 aliphatic rings. The minimum Gasteiger partial charge on any atom is -0.356 e. The second kappa shape index (κ2) is 6.76. The average Bonchev–Trinajstić information content (AvgIpc) is 3.04. The molecule has 0 aliphatic carbocycles. The van der Waals surface area contributed by atoms with Gasteiger partial charge in [-0.1, -0.05) is 0 Å². The van der Waals surface area contributed by atoms with Crippen molar-refractivity contribution in [3.05, 3.63) is 54.6 Å². The van der Waals surface area contributed by atoms with Crippen LogP contribution in [0.15, 0.2) is 43.1 Å². The predicted octanol–water partition coefficient (Wildman–Crippen LogP) is 2.36. The van der Waals surface area contributed by atoms with Crippen LogP contribution in [0.4, 0.5) is 10.2 Å². The number of likely N-dealkylation sites (tertiary alicyclic amines) is 1. The van der Waals surface area contributed by atoms with Crippen molar-refractivity contribution < 1.29 is 4.39 Å². The molecule has 4 heterocycles. The fourth-order valence-electron chi connectivity index (χ4n) is 3.47. The smallest absolute Gasteiger partial charge is 0.139 e. The van der Waals surface area contributed by atoms with Gasteiger partial charge in [-0.15, -0.1) is 0 Å². The number of halogens is 1. The van der Waals surface area contributed by atoms with Crippen molar-refractivity contribution in [3.63, 3.8) is 0 Å². The third-order valence-electron chi connectivity index (χ3n) is 4.88. The molecular formula is C18H21FN6. The van der Waals surface area contributed by atoms with Gasteiger partial charge in [-0.3, -0.25) is 4.90 Å². The Hall–Kier alpha value is -2.54. The Morgan fingerprint density at radius 3 is 2.80 bits per heavy atom. The summed E-state index contributed by atoms with van der Waals surface area (Å²) in [7, 11) is 2.10. The lowest BCUT2D eigenvalue weighted by Gasteiger charge is -2.36. The Labute approximate surface area is 145 Å². The molecule has 25 heavy (non-hydrogen) atoms. The summed E-state index contributed by atoms with van der Waals surface area (Å²) in [6.07, 6.45) is 8.92. The predicted molar refractivity (Wildman–Crippen MR) is 93.9 cm³/mol. The maximum Gasteiger partial charge on any atom is 0.139 e. The largest absolute Gasteiger partial charge is 0.356 e. The maximum atomic E-state index is 13.3. The summed E-state index contributed by atoms with van der Waals surface area (Å²) in [4.78, 5) is 17.5. The number of anilines is 1. The van der Waals surface area contributed by atoms with E-state index in [1.807, 2.05) is 12.3 Å². The summed E-state index contributed by atoms with van der Waals surface area (Å²) in [6, 6.07) is 5.59. The van der Waals surface area contributed by atoms with Crippen LogP contribution in [0.5, 0.6) is 0 Å². The SMILES string of the molecule is CN(c1ccncn1)C1CCN(Cc2cn3cc(F)ccc3n2)CC1. The van der Waals surface area contributed by atoms with Gasteiger partial charge in [0, 0.05) is 51.3 Å². The van der Waals surface area contributed by atoms with Crippen LogP contribution in [-0.4, -0.2) is 50.4 Å². The molecule has 130 valence electrons. The van der Waals surface area contributed by atoms with Crippen molar-refractivity contribution in [2.45, 2.75) is 25.4 Å². The molecule has 0 saturated carbocycles. The molecule has 0 N–H and O–H groups in total. The van der Waals surface area contributed by atoms with Crippen LogP contribution in [-0.2, 0) is 6.54 Å². The number of pyridine rings is 1. The van der Waals surface area contributed by atoms with E-state index in [2.05, 4.69) is 31.8 Å². The molecule has 1 aliphatic heterocycles. The highest BCUT2D eigenvalue weighted by atomic mass is 19.1. The first-order valence-corrected chi connectivity index (χ1v) is 8.53. The van der Waals surface area contributed by atoms with Crippen LogP contribution in [0.3, 0.4) is 0 Å². The topological polar surface area (TPSA) is 49.6 Å². The molecule has 3 aromatic rings. The number of nitrogens with zero attached hydrogens (tertiary/aromatic N) is 6. The number of piperidine rings is 1. The zero-order chi connectivity index (χ0) is 17.2. The Morgan fingerprint density at radius 1 is 1.20 bits per heavy atom. The van der Waals surface area contributed by atoms with E-state index in [4.69, 9.17) is 0 Å². The first kappa shape index (κ1) is 16.0. The number of hydrogen-bond donors (Lipinski definition) is 0. The van der Waals surface area contributed by atoms with Gasteiger partial charge < -0.3 is 9.30 Å². The Morgan fingerprint density at radius 2 is 2.04 bits per heavy atom. The second-order valence-corrected chi connectivity index (χ2v) is 6.53. The van der Waals surface area contributed by atoms with Gasteiger partial charge in [0.2, 0.25) is 0 Å². The van der Waals surface area contributed by atoms with Crippen LogP contribution in [0.2, 0.25) is 0 Å². The van der Waals surface area contributed by atoms with E-state index in [0.29, 0.717) is 6.04 Å². The Kier molecular flexibility index (Phi) is 4.31. The molecule has 0 spiro atoms. The molecule has 0 radical (unpaired) electrons. The first-order valence-electron chi connectivity index (χ1n) is 8.53. The first-order chi connectivity index (χ1) is 12.2. The van der Waals surface area contributed by atoms with Crippen LogP contribution in [0.1, 0.15) is 18.5 Å². The number of hydrogen-bond acceptors (Lipinski definition) is 5. The Balaban J connectivity index is 1.36. The zero-order valence-electron chi connectivity index (χ0n) is 14.2. The quantitative estimate of drug-likeness (QED) is 0.730. The summed E-state index contributed by atoms with van der Waals surface area (Å²) in [5, 5.41) is 0. The van der Waals surface area contributed by atoms with E-state index < -0.39 is 0 Å². The van der Waals surface area contributed by atoms with Crippen LogP contribution < -0.4 is 4.90 Å². The minimum absolute atomic E-state index is 0.245. The van der Waals surface area contributed by atoms with Crippen molar-refractivity contribution >= 4 is 11.5 Å². The van der Waals surface area contributed by atoms with Crippen molar-refractivity contribution in [1.82, 2.24) is 24.3 Å². The molecule has 0 bridgehead atoms. The van der Waals surface area contributed by atoms with Gasteiger partial charge in [0.1, 0.15) is 23.6 Å². The molecule has 7 heteroatoms. The van der Waals surface area contributed by atoms with Gasteiger partial charge in [-0.05, 0) is 31.0 Å². The maximum absolute atomic E-state index is 13.3. The lowest BCUT2D eigenvalue weighted by molar-refractivity contribution is 0.201. The van der Waals surface area contributed by atoms with Gasteiger partial charge in [-0.2, -0.15) is 0 Å². The lowest BCUT2D eigenvalue weighted by Crippen LogP contribution is -2.43. The third kappa shape index (κ3) is 3.46. The number of rotatable bonds is 4. The summed E-state index contributed by atoms with van der Waals surface area (Å²) >= 11 is 0. The zero-order valence-corrected chi connectivity index (χ0v) is 14.2. The summed E-state index contributed by atoms with van der Waals surface area (Å²) in [5.74, 6) is 0.723.